The summed E-state index contributed by atoms with van der Waals surface area (Å²) in [5.41, 5.74) is 3.66. The van der Waals surface area contributed by atoms with Crippen molar-refractivity contribution in [3.63, 3.8) is 0 Å². The quantitative estimate of drug-likeness (QED) is 0.528. The first kappa shape index (κ1) is 19.3. The first-order valence-corrected chi connectivity index (χ1v) is 6.11. The summed E-state index contributed by atoms with van der Waals surface area (Å²) in [5.74, 6) is -0.855. The Bertz CT molecular complexity index is 334. The molecule has 0 unspecified atom stereocenters. The Balaban J connectivity index is 0. The molecule has 3 heteroatoms. The van der Waals surface area contributed by atoms with Crippen molar-refractivity contribution < 1.29 is 9.90 Å². The molecule has 2 nitrogen and oxygen atoms in total. The number of allylic oxidation sites excluding steroid dienone is 5. The van der Waals surface area contributed by atoms with E-state index in [9.17, 15) is 4.79 Å². The molecule has 104 valence electrons. The molecule has 18 heavy (non-hydrogen) atoms. The monoisotopic (exact) mass is 272 g/mol. The highest BCUT2D eigenvalue weighted by atomic mass is 35.5. The molecule has 1 N–H and O–H groups in total. The zero-order valence-electron chi connectivity index (χ0n) is 11.8. The van der Waals surface area contributed by atoms with Crippen LogP contribution in [0.1, 0.15) is 53.4 Å². The number of hydrogen-bond donors (Lipinski definition) is 1. The largest absolute Gasteiger partial charge is 0.478 e. The maximum atomic E-state index is 10.4. The van der Waals surface area contributed by atoms with E-state index in [-0.39, 0.29) is 12.4 Å². The number of carbonyl (C=O) groups is 1. The summed E-state index contributed by atoms with van der Waals surface area (Å²) in [5, 5.41) is 8.56. The predicted molar refractivity (Wildman–Crippen MR) is 80.3 cm³/mol. The fourth-order valence-electron chi connectivity index (χ4n) is 1.52. The lowest BCUT2D eigenvalue weighted by molar-refractivity contribution is -0.131. The Kier molecular flexibility index (Phi) is 11.9. The Morgan fingerprint density at radius 1 is 0.944 bits per heavy atom. The van der Waals surface area contributed by atoms with E-state index in [4.69, 9.17) is 5.11 Å². The topological polar surface area (TPSA) is 37.3 Å². The molecule has 0 aromatic rings. The summed E-state index contributed by atoms with van der Waals surface area (Å²) in [7, 11) is 0. The average Bonchev–Trinajstić information content (AvgIpc) is 2.15. The molecule has 0 bridgehead atoms. The standard InChI is InChI=1S/C15H24O2.ClH/c1-12(2)7-5-8-13(3)9-6-10-14(4)11-15(16)17;/h7,9,11H,5-6,8,10H2,1-4H3,(H,16,17);1H. The molecule has 0 fully saturated rings. The van der Waals surface area contributed by atoms with E-state index in [2.05, 4.69) is 32.9 Å². The van der Waals surface area contributed by atoms with Crippen molar-refractivity contribution in [2.45, 2.75) is 53.4 Å². The normalized spacial score (nSPS) is 11.8. The van der Waals surface area contributed by atoms with E-state index in [0.29, 0.717) is 0 Å². The van der Waals surface area contributed by atoms with Gasteiger partial charge in [-0.25, -0.2) is 4.79 Å². The zero-order valence-corrected chi connectivity index (χ0v) is 12.6. The molecule has 0 saturated heterocycles. The van der Waals surface area contributed by atoms with Gasteiger partial charge < -0.3 is 5.11 Å². The second-order valence-corrected chi connectivity index (χ2v) is 4.74. The van der Waals surface area contributed by atoms with Crippen molar-refractivity contribution in [3.05, 3.63) is 34.9 Å². The summed E-state index contributed by atoms with van der Waals surface area (Å²) < 4.78 is 0. The molecule has 0 rings (SSSR count). The molecular formula is C15H25ClO2. The number of carboxylic acid groups (broad SMARTS) is 1. The van der Waals surface area contributed by atoms with Crippen LogP contribution in [0.25, 0.3) is 0 Å². The summed E-state index contributed by atoms with van der Waals surface area (Å²) in [6, 6.07) is 0. The van der Waals surface area contributed by atoms with Gasteiger partial charge in [0.1, 0.15) is 0 Å². The summed E-state index contributed by atoms with van der Waals surface area (Å²) in [6.45, 7) is 8.22. The number of hydrogen-bond acceptors (Lipinski definition) is 1. The lowest BCUT2D eigenvalue weighted by atomic mass is 10.1. The fourth-order valence-corrected chi connectivity index (χ4v) is 1.52. The lowest BCUT2D eigenvalue weighted by Crippen LogP contribution is -1.89. The van der Waals surface area contributed by atoms with Crippen molar-refractivity contribution in [2.75, 3.05) is 0 Å². The van der Waals surface area contributed by atoms with Crippen LogP contribution in [-0.2, 0) is 4.79 Å². The summed E-state index contributed by atoms with van der Waals surface area (Å²) in [6.07, 6.45) is 9.67. The van der Waals surface area contributed by atoms with Crippen LogP contribution in [0.15, 0.2) is 34.9 Å². The first-order chi connectivity index (χ1) is 7.91. The molecule has 0 aromatic heterocycles. The van der Waals surface area contributed by atoms with Gasteiger partial charge in [0.15, 0.2) is 0 Å². The number of aliphatic carboxylic acids is 1. The number of carboxylic acids is 1. The third-order valence-electron chi connectivity index (χ3n) is 2.49. The molecule has 0 heterocycles. The van der Waals surface area contributed by atoms with Crippen LogP contribution >= 0.6 is 12.4 Å². The van der Waals surface area contributed by atoms with Gasteiger partial charge in [-0.3, -0.25) is 0 Å². The molecule has 0 aliphatic carbocycles. The molecule has 0 aromatic carbocycles. The van der Waals surface area contributed by atoms with Gasteiger partial charge in [0.2, 0.25) is 0 Å². The van der Waals surface area contributed by atoms with Gasteiger partial charge in [0, 0.05) is 6.08 Å². The van der Waals surface area contributed by atoms with Gasteiger partial charge in [-0.1, -0.05) is 28.9 Å². The molecule has 0 aliphatic rings. The van der Waals surface area contributed by atoms with Gasteiger partial charge in [-0.05, 0) is 53.4 Å². The maximum absolute atomic E-state index is 10.4. The number of halogens is 1. The van der Waals surface area contributed by atoms with E-state index in [1.54, 1.807) is 0 Å². The van der Waals surface area contributed by atoms with E-state index in [1.165, 1.54) is 17.2 Å². The van der Waals surface area contributed by atoms with Crippen molar-refractivity contribution in [3.8, 4) is 0 Å². The van der Waals surface area contributed by atoms with Crippen molar-refractivity contribution in [1.29, 1.82) is 0 Å². The Morgan fingerprint density at radius 3 is 1.94 bits per heavy atom. The fraction of sp³-hybridized carbons (Fsp3) is 0.533. The smallest absolute Gasteiger partial charge is 0.328 e. The minimum absolute atomic E-state index is 0. The lowest BCUT2D eigenvalue weighted by Gasteiger charge is -2.00. The van der Waals surface area contributed by atoms with E-state index in [1.807, 2.05) is 6.92 Å². The average molecular weight is 273 g/mol. The van der Waals surface area contributed by atoms with Crippen LogP contribution in [0.4, 0.5) is 0 Å². The van der Waals surface area contributed by atoms with Crippen molar-refractivity contribution in [1.82, 2.24) is 0 Å². The molecule has 0 saturated carbocycles. The molecule has 0 atom stereocenters. The van der Waals surface area contributed by atoms with Gasteiger partial charge in [-0.2, -0.15) is 0 Å². The minimum atomic E-state index is -0.855. The summed E-state index contributed by atoms with van der Waals surface area (Å²) in [4.78, 5) is 10.4. The van der Waals surface area contributed by atoms with Crippen LogP contribution < -0.4 is 0 Å². The van der Waals surface area contributed by atoms with Crippen LogP contribution in [-0.4, -0.2) is 11.1 Å². The molecule has 0 amide bonds. The van der Waals surface area contributed by atoms with Gasteiger partial charge in [-0.15, -0.1) is 12.4 Å². The van der Waals surface area contributed by atoms with Crippen molar-refractivity contribution >= 4 is 18.4 Å². The van der Waals surface area contributed by atoms with Crippen LogP contribution in [0.2, 0.25) is 0 Å². The van der Waals surface area contributed by atoms with Gasteiger partial charge in [0.25, 0.3) is 0 Å². The highest BCUT2D eigenvalue weighted by molar-refractivity contribution is 5.85. The van der Waals surface area contributed by atoms with Crippen LogP contribution in [0, 0.1) is 0 Å². The third-order valence-corrected chi connectivity index (χ3v) is 2.49. The second-order valence-electron chi connectivity index (χ2n) is 4.74. The van der Waals surface area contributed by atoms with Gasteiger partial charge >= 0.3 is 5.97 Å². The van der Waals surface area contributed by atoms with Crippen LogP contribution in [0.5, 0.6) is 0 Å². The molecule has 0 radical (unpaired) electrons. The predicted octanol–water partition coefficient (Wildman–Crippen LogP) is 4.91. The highest BCUT2D eigenvalue weighted by Gasteiger charge is 1.94. The summed E-state index contributed by atoms with van der Waals surface area (Å²) >= 11 is 0. The zero-order chi connectivity index (χ0) is 13.3. The Morgan fingerprint density at radius 2 is 1.44 bits per heavy atom. The van der Waals surface area contributed by atoms with Crippen molar-refractivity contribution in [2.24, 2.45) is 0 Å². The van der Waals surface area contributed by atoms with E-state index < -0.39 is 5.97 Å². The highest BCUT2D eigenvalue weighted by Crippen LogP contribution is 2.11. The minimum Gasteiger partial charge on any atom is -0.478 e. The third kappa shape index (κ3) is 13.0. The first-order valence-electron chi connectivity index (χ1n) is 6.11. The maximum Gasteiger partial charge on any atom is 0.328 e. The second kappa shape index (κ2) is 11.1. The molecule has 0 aliphatic heterocycles. The Labute approximate surface area is 117 Å². The number of rotatable bonds is 7. The van der Waals surface area contributed by atoms with Gasteiger partial charge in [0.05, 0.1) is 0 Å². The molecule has 0 spiro atoms. The SMILES string of the molecule is CC(C)=CCCC(C)=CCCC(C)=CC(=O)O.Cl. The van der Waals surface area contributed by atoms with Crippen LogP contribution in [0.3, 0.4) is 0 Å². The van der Waals surface area contributed by atoms with E-state index in [0.717, 1.165) is 31.3 Å². The Hall–Kier alpha value is -1.02. The molecular weight excluding hydrogens is 248 g/mol. The van der Waals surface area contributed by atoms with E-state index >= 15 is 0 Å².